The maximum atomic E-state index is 12.3. The topological polar surface area (TPSA) is 116 Å². The molecule has 9 heteroatoms. The quantitative estimate of drug-likeness (QED) is 0.627. The van der Waals surface area contributed by atoms with E-state index in [2.05, 4.69) is 15.4 Å². The number of amides is 1. The number of anilines is 1. The zero-order valence-electron chi connectivity index (χ0n) is 17.2. The molecule has 31 heavy (non-hydrogen) atoms. The Morgan fingerprint density at radius 1 is 1.29 bits per heavy atom. The number of hydrogen-bond acceptors (Lipinski definition) is 7. The van der Waals surface area contributed by atoms with Gasteiger partial charge in [-0.1, -0.05) is 12.1 Å². The molecule has 1 amide bonds. The van der Waals surface area contributed by atoms with Crippen molar-refractivity contribution in [2.45, 2.75) is 32.4 Å². The van der Waals surface area contributed by atoms with Crippen molar-refractivity contribution in [3.63, 3.8) is 0 Å². The van der Waals surface area contributed by atoms with Crippen LogP contribution in [0.2, 0.25) is 0 Å². The number of carbonyl (C=O) groups excluding carboxylic acids is 2. The van der Waals surface area contributed by atoms with E-state index in [-0.39, 0.29) is 47.5 Å². The number of phenols is 1. The van der Waals surface area contributed by atoms with Crippen LogP contribution in [0.3, 0.4) is 0 Å². The number of benzene rings is 2. The summed E-state index contributed by atoms with van der Waals surface area (Å²) in [7, 11) is 0. The lowest BCUT2D eigenvalue weighted by atomic mass is 9.92. The van der Waals surface area contributed by atoms with Gasteiger partial charge < -0.3 is 19.9 Å². The van der Waals surface area contributed by atoms with Crippen LogP contribution in [0, 0.1) is 0 Å². The van der Waals surface area contributed by atoms with E-state index in [4.69, 9.17) is 9.47 Å². The van der Waals surface area contributed by atoms with E-state index < -0.39 is 5.60 Å². The average molecular weight is 422 g/mol. The van der Waals surface area contributed by atoms with Gasteiger partial charge in [-0.25, -0.2) is 9.67 Å². The molecule has 0 atom stereocenters. The maximum Gasteiger partial charge on any atom is 0.262 e. The predicted octanol–water partition coefficient (Wildman–Crippen LogP) is 2.79. The molecule has 0 radical (unpaired) electrons. The van der Waals surface area contributed by atoms with Gasteiger partial charge in [-0.3, -0.25) is 9.59 Å². The minimum atomic E-state index is -0.674. The normalized spacial score (nSPS) is 14.5. The van der Waals surface area contributed by atoms with Crippen molar-refractivity contribution in [3.8, 4) is 17.2 Å². The smallest absolute Gasteiger partial charge is 0.262 e. The lowest BCUT2D eigenvalue weighted by Crippen LogP contribution is -2.35. The van der Waals surface area contributed by atoms with E-state index >= 15 is 0 Å². The van der Waals surface area contributed by atoms with Gasteiger partial charge in [0.15, 0.2) is 12.4 Å². The molecule has 2 aromatic carbocycles. The van der Waals surface area contributed by atoms with E-state index in [0.717, 1.165) is 5.56 Å². The fourth-order valence-electron chi connectivity index (χ4n) is 3.37. The Bertz CT molecular complexity index is 1110. The average Bonchev–Trinajstić information content (AvgIpc) is 3.19. The molecule has 1 aromatic heterocycles. The van der Waals surface area contributed by atoms with E-state index in [1.165, 1.54) is 18.5 Å². The molecule has 160 valence electrons. The molecular formula is C22H22N4O5. The third-order valence-electron chi connectivity index (χ3n) is 4.73. The van der Waals surface area contributed by atoms with Crippen molar-refractivity contribution < 1.29 is 24.2 Å². The second-order valence-corrected chi connectivity index (χ2v) is 7.90. The number of hydrogen-bond donors (Lipinski definition) is 2. The van der Waals surface area contributed by atoms with Crippen molar-refractivity contribution in [1.82, 2.24) is 14.8 Å². The van der Waals surface area contributed by atoms with Crippen LogP contribution >= 0.6 is 0 Å². The zero-order valence-corrected chi connectivity index (χ0v) is 17.2. The first-order valence-electron chi connectivity index (χ1n) is 9.72. The van der Waals surface area contributed by atoms with E-state index in [1.54, 1.807) is 37.0 Å². The molecule has 2 N–H and O–H groups in total. The number of nitrogens with zero attached hydrogens (tertiary/aromatic N) is 3. The van der Waals surface area contributed by atoms with Crippen molar-refractivity contribution in [2.24, 2.45) is 0 Å². The summed E-state index contributed by atoms with van der Waals surface area (Å²) >= 11 is 0. The first-order valence-corrected chi connectivity index (χ1v) is 9.72. The van der Waals surface area contributed by atoms with Gasteiger partial charge in [0, 0.05) is 17.8 Å². The summed E-state index contributed by atoms with van der Waals surface area (Å²) in [6.07, 6.45) is 3.28. The highest BCUT2D eigenvalue weighted by Crippen LogP contribution is 2.40. The van der Waals surface area contributed by atoms with Crippen LogP contribution in [0.15, 0.2) is 49.1 Å². The molecule has 2 heterocycles. The summed E-state index contributed by atoms with van der Waals surface area (Å²) in [5.41, 5.74) is 1.11. The maximum absolute atomic E-state index is 12.3. The second-order valence-electron chi connectivity index (χ2n) is 7.90. The number of aromatic nitrogens is 3. The summed E-state index contributed by atoms with van der Waals surface area (Å²) in [5, 5.41) is 17.0. The van der Waals surface area contributed by atoms with Gasteiger partial charge in [0.1, 0.15) is 41.1 Å². The number of Topliss-reactive ketones (excluding diaryl/α,β-unsaturated/α-hetero) is 1. The Balaban J connectivity index is 1.36. The molecule has 0 aliphatic carbocycles. The van der Waals surface area contributed by atoms with Crippen LogP contribution in [-0.4, -0.2) is 43.8 Å². The minimum absolute atomic E-state index is 0.141. The van der Waals surface area contributed by atoms with Crippen LogP contribution < -0.4 is 14.8 Å². The molecule has 0 saturated heterocycles. The van der Waals surface area contributed by atoms with Gasteiger partial charge in [-0.05, 0) is 31.5 Å². The highest BCUT2D eigenvalue weighted by atomic mass is 16.5. The number of ether oxygens (including phenoxy) is 2. The van der Waals surface area contributed by atoms with Crippen molar-refractivity contribution in [2.75, 3.05) is 11.9 Å². The molecular weight excluding hydrogens is 400 g/mol. The molecule has 0 bridgehead atoms. The van der Waals surface area contributed by atoms with Crippen LogP contribution in [0.5, 0.6) is 17.2 Å². The van der Waals surface area contributed by atoms with E-state index in [9.17, 15) is 14.7 Å². The molecule has 1 aliphatic rings. The monoisotopic (exact) mass is 422 g/mol. The van der Waals surface area contributed by atoms with Gasteiger partial charge in [-0.2, -0.15) is 5.10 Å². The third-order valence-corrected chi connectivity index (χ3v) is 4.73. The molecule has 9 nitrogen and oxygen atoms in total. The third kappa shape index (κ3) is 4.82. The highest BCUT2D eigenvalue weighted by Gasteiger charge is 2.35. The van der Waals surface area contributed by atoms with Gasteiger partial charge in [0.05, 0.1) is 13.0 Å². The van der Waals surface area contributed by atoms with Crippen molar-refractivity contribution in [1.29, 1.82) is 0 Å². The molecule has 0 fully saturated rings. The number of aromatic hydroxyl groups is 1. The Hall–Kier alpha value is -3.88. The summed E-state index contributed by atoms with van der Waals surface area (Å²) in [5.74, 6) is -0.296. The SMILES string of the molecule is CC1(C)CC(=O)c2c(O)cc(OCC(=O)Nc3ccc(Cn4cncn4)cc3)cc2O1. The predicted molar refractivity (Wildman–Crippen MR) is 111 cm³/mol. The first-order chi connectivity index (χ1) is 14.8. The Labute approximate surface area is 178 Å². The fraction of sp³-hybridized carbons (Fsp3) is 0.273. The summed E-state index contributed by atoms with van der Waals surface area (Å²) in [6.45, 7) is 3.91. The Morgan fingerprint density at radius 2 is 2.06 bits per heavy atom. The van der Waals surface area contributed by atoms with Gasteiger partial charge in [0.25, 0.3) is 5.91 Å². The molecule has 3 aromatic rings. The summed E-state index contributed by atoms with van der Waals surface area (Å²) in [6, 6.07) is 10.2. The number of fused-ring (bicyclic) bond motifs is 1. The standard InChI is InChI=1S/C22H22N4O5/c1-22(2)9-18(28)21-17(27)7-16(8-19(21)31-22)30-11-20(29)25-15-5-3-14(4-6-15)10-26-13-23-12-24-26/h3-8,12-13,27H,9-11H2,1-2H3,(H,25,29). The van der Waals surface area contributed by atoms with Crippen LogP contribution in [0.1, 0.15) is 36.2 Å². The summed E-state index contributed by atoms with van der Waals surface area (Å²) in [4.78, 5) is 28.4. The van der Waals surface area contributed by atoms with Crippen LogP contribution in [0.4, 0.5) is 5.69 Å². The Morgan fingerprint density at radius 3 is 2.77 bits per heavy atom. The van der Waals surface area contributed by atoms with Gasteiger partial charge >= 0.3 is 0 Å². The second kappa shape index (κ2) is 8.10. The van der Waals surface area contributed by atoms with Gasteiger partial charge in [0.2, 0.25) is 0 Å². The number of phenolic OH excluding ortho intramolecular Hbond substituents is 1. The zero-order chi connectivity index (χ0) is 22.0. The lowest BCUT2D eigenvalue weighted by molar-refractivity contribution is -0.118. The fourth-order valence-corrected chi connectivity index (χ4v) is 3.37. The lowest BCUT2D eigenvalue weighted by Gasteiger charge is -2.32. The first kappa shape index (κ1) is 20.4. The molecule has 0 spiro atoms. The minimum Gasteiger partial charge on any atom is -0.507 e. The number of carbonyl (C=O) groups is 2. The largest absolute Gasteiger partial charge is 0.507 e. The van der Waals surface area contributed by atoms with Crippen LogP contribution in [-0.2, 0) is 11.3 Å². The van der Waals surface area contributed by atoms with Crippen LogP contribution in [0.25, 0.3) is 0 Å². The Kier molecular flexibility index (Phi) is 5.33. The number of ketones is 1. The summed E-state index contributed by atoms with van der Waals surface area (Å²) < 4.78 is 13.0. The number of rotatable bonds is 6. The molecule has 0 unspecified atom stereocenters. The van der Waals surface area contributed by atoms with E-state index in [0.29, 0.717) is 12.2 Å². The van der Waals surface area contributed by atoms with Gasteiger partial charge in [-0.15, -0.1) is 0 Å². The molecule has 1 aliphatic heterocycles. The van der Waals surface area contributed by atoms with Crippen molar-refractivity contribution in [3.05, 3.63) is 60.2 Å². The molecule has 0 saturated carbocycles. The van der Waals surface area contributed by atoms with Crippen molar-refractivity contribution >= 4 is 17.4 Å². The molecule has 4 rings (SSSR count). The highest BCUT2D eigenvalue weighted by molar-refractivity contribution is 6.03. The number of nitrogens with one attached hydrogen (secondary N) is 1. The van der Waals surface area contributed by atoms with E-state index in [1.807, 2.05) is 12.1 Å².